The summed E-state index contributed by atoms with van der Waals surface area (Å²) in [4.78, 5) is 18.6. The van der Waals surface area contributed by atoms with Crippen molar-refractivity contribution in [2.75, 3.05) is 49.6 Å². The Bertz CT molecular complexity index is 1100. The minimum Gasteiger partial charge on any atom is -0.495 e. The third kappa shape index (κ3) is 4.43. The van der Waals surface area contributed by atoms with Gasteiger partial charge in [-0.05, 0) is 36.2 Å². The molecule has 0 aromatic heterocycles. The van der Waals surface area contributed by atoms with Crippen LogP contribution in [0.4, 0.5) is 11.4 Å². The van der Waals surface area contributed by atoms with Gasteiger partial charge in [0.2, 0.25) is 5.91 Å². The lowest BCUT2D eigenvalue weighted by molar-refractivity contribution is -0.116. The Labute approximate surface area is 190 Å². The number of halogens is 1. The smallest absolute Gasteiger partial charge is 0.255 e. The second kappa shape index (κ2) is 8.78. The predicted molar refractivity (Wildman–Crippen MR) is 123 cm³/mol. The van der Waals surface area contributed by atoms with Crippen LogP contribution in [-0.4, -0.2) is 59.2 Å². The second-order valence-electron chi connectivity index (χ2n) is 7.57. The highest BCUT2D eigenvalue weighted by Crippen LogP contribution is 2.37. The number of nitrogens with zero attached hydrogens (tertiary/aromatic N) is 3. The number of fused-ring (bicyclic) bond motifs is 1. The zero-order valence-electron chi connectivity index (χ0n) is 17.5. The number of para-hydroxylation sites is 2. The van der Waals surface area contributed by atoms with Gasteiger partial charge < -0.3 is 14.5 Å². The average molecular weight is 509 g/mol. The van der Waals surface area contributed by atoms with Crippen LogP contribution >= 0.6 is 15.9 Å². The zero-order valence-corrected chi connectivity index (χ0v) is 19.9. The Hall–Kier alpha value is -2.14. The van der Waals surface area contributed by atoms with Gasteiger partial charge in [0.1, 0.15) is 10.6 Å². The van der Waals surface area contributed by atoms with Gasteiger partial charge in [-0.15, -0.1) is 4.83 Å². The lowest BCUT2D eigenvalue weighted by Gasteiger charge is -2.36. The highest BCUT2D eigenvalue weighted by molar-refractivity contribution is 9.10. The summed E-state index contributed by atoms with van der Waals surface area (Å²) in [6.07, 6.45) is 0.633. The van der Waals surface area contributed by atoms with E-state index in [2.05, 4.69) is 25.7 Å². The summed E-state index contributed by atoms with van der Waals surface area (Å²) in [5, 5.41) is 1.71. The van der Waals surface area contributed by atoms with Crippen molar-refractivity contribution in [1.82, 2.24) is 9.84 Å². The van der Waals surface area contributed by atoms with Gasteiger partial charge >= 0.3 is 0 Å². The van der Waals surface area contributed by atoms with Gasteiger partial charge in [-0.2, -0.15) is 0 Å². The molecule has 0 aliphatic carbocycles. The number of benzene rings is 2. The maximum atomic E-state index is 13.3. The first-order valence-corrected chi connectivity index (χ1v) is 12.3. The maximum absolute atomic E-state index is 13.3. The molecular weight excluding hydrogens is 484 g/mol. The summed E-state index contributed by atoms with van der Waals surface area (Å²) in [5.41, 5.74) is 2.33. The lowest BCUT2D eigenvalue weighted by atomic mass is 10.2. The number of methoxy groups -OCH3 is 1. The molecule has 2 aliphatic rings. The summed E-state index contributed by atoms with van der Waals surface area (Å²) >= 11 is 3.41. The van der Waals surface area contributed by atoms with Crippen molar-refractivity contribution < 1.29 is 17.9 Å². The number of carbonyl (C=O) groups is 1. The highest BCUT2D eigenvalue weighted by atomic mass is 79.9. The van der Waals surface area contributed by atoms with Gasteiger partial charge in [0.05, 0.1) is 18.5 Å². The van der Waals surface area contributed by atoms with E-state index in [1.54, 1.807) is 18.2 Å². The Morgan fingerprint density at radius 2 is 1.81 bits per heavy atom. The molecule has 166 valence electrons. The quantitative estimate of drug-likeness (QED) is 0.667. The van der Waals surface area contributed by atoms with Crippen molar-refractivity contribution in [2.24, 2.45) is 0 Å². The van der Waals surface area contributed by atoms with E-state index < -0.39 is 10.0 Å². The van der Waals surface area contributed by atoms with Crippen LogP contribution in [0.25, 0.3) is 0 Å². The number of anilines is 2. The molecular formula is C21H25BrN4O4S. The number of hydrazine groups is 1. The third-order valence-electron chi connectivity index (χ3n) is 5.62. The van der Waals surface area contributed by atoms with E-state index in [1.165, 1.54) is 11.8 Å². The number of hydrogen-bond donors (Lipinski definition) is 1. The van der Waals surface area contributed by atoms with Crippen molar-refractivity contribution in [3.63, 3.8) is 0 Å². The van der Waals surface area contributed by atoms with Gasteiger partial charge in [0.25, 0.3) is 10.0 Å². The first-order valence-electron chi connectivity index (χ1n) is 10.1. The molecule has 2 aliphatic heterocycles. The van der Waals surface area contributed by atoms with Crippen LogP contribution in [0.3, 0.4) is 0 Å². The lowest BCUT2D eigenvalue weighted by Crippen LogP contribution is -2.53. The number of carbonyl (C=O) groups excluding carboxylic acids is 1. The average Bonchev–Trinajstić information content (AvgIpc) is 3.17. The van der Waals surface area contributed by atoms with Crippen molar-refractivity contribution in [1.29, 1.82) is 0 Å². The molecule has 2 aromatic carbocycles. The molecule has 0 atom stereocenters. The molecule has 1 saturated heterocycles. The Balaban J connectivity index is 1.52. The van der Waals surface area contributed by atoms with Gasteiger partial charge in [-0.1, -0.05) is 28.1 Å². The van der Waals surface area contributed by atoms with E-state index in [-0.39, 0.29) is 10.8 Å². The zero-order chi connectivity index (χ0) is 22.2. The van der Waals surface area contributed by atoms with E-state index >= 15 is 0 Å². The summed E-state index contributed by atoms with van der Waals surface area (Å²) in [7, 11) is -2.22. The van der Waals surface area contributed by atoms with Crippen LogP contribution in [0.2, 0.25) is 0 Å². The number of ether oxygens (including phenoxy) is 1. The van der Waals surface area contributed by atoms with E-state index in [1.807, 2.05) is 30.3 Å². The number of hydrogen-bond acceptors (Lipinski definition) is 6. The monoisotopic (exact) mass is 508 g/mol. The van der Waals surface area contributed by atoms with Crippen LogP contribution in [-0.2, 0) is 21.2 Å². The minimum absolute atomic E-state index is 0.122. The number of rotatable bonds is 5. The fourth-order valence-electron chi connectivity index (χ4n) is 4.14. The van der Waals surface area contributed by atoms with Gasteiger partial charge in [-0.3, -0.25) is 4.79 Å². The number of piperazine rings is 1. The summed E-state index contributed by atoms with van der Waals surface area (Å²) in [6.45, 7) is 4.28. The molecule has 0 spiro atoms. The van der Waals surface area contributed by atoms with Crippen molar-refractivity contribution >= 4 is 43.2 Å². The highest BCUT2D eigenvalue weighted by Gasteiger charge is 2.33. The molecule has 31 heavy (non-hydrogen) atoms. The SMILES string of the molecule is COc1ccccc1N1CCN(NS(=O)(=O)c2cc(Br)cc3c2N(C(C)=O)CC3)CC1. The fourth-order valence-corrected chi connectivity index (χ4v) is 6.19. The fraction of sp³-hybridized carbons (Fsp3) is 0.381. The molecule has 1 amide bonds. The predicted octanol–water partition coefficient (Wildman–Crippen LogP) is 2.38. The molecule has 0 bridgehead atoms. The van der Waals surface area contributed by atoms with Crippen LogP contribution < -0.4 is 19.4 Å². The summed E-state index contributed by atoms with van der Waals surface area (Å²) in [5.74, 6) is 0.633. The van der Waals surface area contributed by atoms with Crippen molar-refractivity contribution in [2.45, 2.75) is 18.2 Å². The van der Waals surface area contributed by atoms with Crippen LogP contribution in [0, 0.1) is 0 Å². The Morgan fingerprint density at radius 3 is 2.48 bits per heavy atom. The van der Waals surface area contributed by atoms with Gasteiger partial charge in [0, 0.05) is 44.1 Å². The Morgan fingerprint density at radius 1 is 1.10 bits per heavy atom. The minimum atomic E-state index is -3.86. The first kappa shape index (κ1) is 22.1. The largest absolute Gasteiger partial charge is 0.495 e. The number of sulfonamides is 1. The molecule has 0 unspecified atom stereocenters. The first-order chi connectivity index (χ1) is 14.8. The van der Waals surface area contributed by atoms with E-state index in [4.69, 9.17) is 4.74 Å². The van der Waals surface area contributed by atoms with E-state index in [9.17, 15) is 13.2 Å². The topological polar surface area (TPSA) is 82.2 Å². The molecule has 4 rings (SSSR count). The molecule has 1 N–H and O–H groups in total. The maximum Gasteiger partial charge on any atom is 0.255 e. The van der Waals surface area contributed by atoms with E-state index in [0.29, 0.717) is 49.3 Å². The van der Waals surface area contributed by atoms with Crippen LogP contribution in [0.1, 0.15) is 12.5 Å². The molecule has 0 radical (unpaired) electrons. The summed E-state index contributed by atoms with van der Waals surface area (Å²) < 4.78 is 32.7. The number of amides is 1. The van der Waals surface area contributed by atoms with Gasteiger partial charge in [-0.25, -0.2) is 13.4 Å². The molecule has 2 aromatic rings. The number of nitrogens with one attached hydrogen (secondary N) is 1. The standard InChI is InChI=1S/C21H25BrN4O4S/c1-15(27)26-8-7-16-13-17(22)14-20(21(16)26)31(28,29)23-25-11-9-24(10-12-25)18-5-3-4-6-19(18)30-2/h3-6,13-14,23H,7-12H2,1-2H3. The van der Waals surface area contributed by atoms with Crippen LogP contribution in [0.15, 0.2) is 45.8 Å². The van der Waals surface area contributed by atoms with Gasteiger partial charge in [0.15, 0.2) is 0 Å². The van der Waals surface area contributed by atoms with Crippen molar-refractivity contribution in [3.05, 3.63) is 46.4 Å². The van der Waals surface area contributed by atoms with E-state index in [0.717, 1.165) is 17.0 Å². The molecule has 2 heterocycles. The van der Waals surface area contributed by atoms with Crippen LogP contribution in [0.5, 0.6) is 5.75 Å². The molecule has 8 nitrogen and oxygen atoms in total. The normalized spacial score (nSPS) is 17.0. The second-order valence-corrected chi connectivity index (χ2v) is 10.1. The summed E-state index contributed by atoms with van der Waals surface area (Å²) in [6, 6.07) is 11.2. The molecule has 1 fully saturated rings. The molecule has 0 saturated carbocycles. The third-order valence-corrected chi connectivity index (χ3v) is 7.46. The van der Waals surface area contributed by atoms with Crippen molar-refractivity contribution in [3.8, 4) is 5.75 Å². The Kier molecular flexibility index (Phi) is 6.25. The molecule has 10 heteroatoms.